The summed E-state index contributed by atoms with van der Waals surface area (Å²) in [6, 6.07) is 6.92. The molecule has 100 valence electrons. The minimum absolute atomic E-state index is 0.243. The Hall–Kier alpha value is -0.380. The molecule has 1 aliphatic rings. The number of likely N-dealkylation sites (tertiary alicyclic amines) is 1. The summed E-state index contributed by atoms with van der Waals surface area (Å²) < 4.78 is 1.16. The Bertz CT molecular complexity index is 401. The maximum atomic E-state index is 9.51. The highest BCUT2D eigenvalue weighted by Crippen LogP contribution is 2.33. The predicted molar refractivity (Wildman–Crippen MR) is 78.7 cm³/mol. The quantitative estimate of drug-likeness (QED) is 0.919. The van der Waals surface area contributed by atoms with Crippen molar-refractivity contribution in [3.05, 3.63) is 33.8 Å². The number of halogens is 1. The largest absolute Gasteiger partial charge is 0.396 e. The molecule has 18 heavy (non-hydrogen) atoms. The van der Waals surface area contributed by atoms with Crippen molar-refractivity contribution in [2.75, 3.05) is 19.7 Å². The average molecular weight is 312 g/mol. The topological polar surface area (TPSA) is 23.5 Å². The number of aryl methyl sites for hydroxylation is 1. The van der Waals surface area contributed by atoms with Gasteiger partial charge in [0.25, 0.3) is 0 Å². The van der Waals surface area contributed by atoms with Gasteiger partial charge in [0.1, 0.15) is 0 Å². The summed E-state index contributed by atoms with van der Waals surface area (Å²) in [7, 11) is 0. The van der Waals surface area contributed by atoms with Gasteiger partial charge in [0.05, 0.1) is 0 Å². The van der Waals surface area contributed by atoms with Crippen molar-refractivity contribution in [3.63, 3.8) is 0 Å². The van der Waals surface area contributed by atoms with Gasteiger partial charge in [0, 0.05) is 17.1 Å². The number of rotatable bonds is 4. The molecule has 0 spiro atoms. The first-order valence-electron chi connectivity index (χ1n) is 6.74. The van der Waals surface area contributed by atoms with E-state index in [2.05, 4.69) is 52.9 Å². The van der Waals surface area contributed by atoms with Crippen molar-refractivity contribution in [3.8, 4) is 0 Å². The van der Waals surface area contributed by atoms with Crippen LogP contribution in [0.1, 0.15) is 36.9 Å². The second-order valence-electron chi connectivity index (χ2n) is 5.36. The highest BCUT2D eigenvalue weighted by atomic mass is 79.9. The smallest absolute Gasteiger partial charge is 0.0474 e. The van der Waals surface area contributed by atoms with E-state index in [0.717, 1.165) is 17.6 Å². The highest BCUT2D eigenvalue weighted by Gasteiger charge is 2.28. The van der Waals surface area contributed by atoms with E-state index in [1.807, 2.05) is 0 Å². The van der Waals surface area contributed by atoms with E-state index in [4.69, 9.17) is 0 Å². The lowest BCUT2D eigenvalue weighted by molar-refractivity contribution is 0.126. The molecule has 1 fully saturated rings. The zero-order valence-corrected chi connectivity index (χ0v) is 12.8. The molecule has 1 heterocycles. The van der Waals surface area contributed by atoms with Crippen LogP contribution in [0.15, 0.2) is 22.7 Å². The van der Waals surface area contributed by atoms with Crippen LogP contribution in [0, 0.1) is 12.8 Å². The van der Waals surface area contributed by atoms with Crippen molar-refractivity contribution in [1.82, 2.24) is 4.90 Å². The molecular formula is C15H22BrNO. The monoisotopic (exact) mass is 311 g/mol. The lowest BCUT2D eigenvalue weighted by Crippen LogP contribution is -2.32. The molecule has 0 amide bonds. The summed E-state index contributed by atoms with van der Waals surface area (Å²) in [4.78, 5) is 2.51. The summed E-state index contributed by atoms with van der Waals surface area (Å²) in [5.74, 6) is 0.276. The Morgan fingerprint density at radius 1 is 1.33 bits per heavy atom. The van der Waals surface area contributed by atoms with Crippen LogP contribution >= 0.6 is 15.9 Å². The molecule has 0 aliphatic carbocycles. The SMILES string of the molecule is Cc1ccc(C(C(C)CO)N2CCCC2)cc1Br. The van der Waals surface area contributed by atoms with Crippen LogP contribution in [0.4, 0.5) is 0 Å². The lowest BCUT2D eigenvalue weighted by atomic mass is 9.93. The molecule has 0 saturated carbocycles. The number of aliphatic hydroxyl groups is 1. The summed E-state index contributed by atoms with van der Waals surface area (Å²) in [5.41, 5.74) is 2.58. The minimum atomic E-state index is 0.243. The zero-order valence-electron chi connectivity index (χ0n) is 11.2. The first-order valence-corrected chi connectivity index (χ1v) is 7.53. The van der Waals surface area contributed by atoms with Gasteiger partial charge in [-0.3, -0.25) is 4.90 Å². The third-order valence-electron chi connectivity index (χ3n) is 3.90. The molecule has 1 N–H and O–H groups in total. The van der Waals surface area contributed by atoms with E-state index < -0.39 is 0 Å². The molecule has 0 radical (unpaired) electrons. The molecule has 0 aromatic heterocycles. The fraction of sp³-hybridized carbons (Fsp3) is 0.600. The third kappa shape index (κ3) is 2.95. The van der Waals surface area contributed by atoms with Crippen molar-refractivity contribution in [2.45, 2.75) is 32.7 Å². The summed E-state index contributed by atoms with van der Waals surface area (Å²) in [5, 5.41) is 9.51. The second-order valence-corrected chi connectivity index (χ2v) is 6.21. The van der Waals surface area contributed by atoms with Gasteiger partial charge >= 0.3 is 0 Å². The number of hydrogen-bond acceptors (Lipinski definition) is 2. The molecule has 2 atom stereocenters. The Morgan fingerprint density at radius 3 is 2.56 bits per heavy atom. The number of hydrogen-bond donors (Lipinski definition) is 1. The van der Waals surface area contributed by atoms with Gasteiger partial charge in [-0.2, -0.15) is 0 Å². The molecule has 1 aromatic carbocycles. The van der Waals surface area contributed by atoms with E-state index in [-0.39, 0.29) is 12.5 Å². The number of aliphatic hydroxyl groups excluding tert-OH is 1. The maximum Gasteiger partial charge on any atom is 0.0474 e. The van der Waals surface area contributed by atoms with Gasteiger partial charge in [-0.05, 0) is 56.0 Å². The standard InChI is InChI=1S/C15H22BrNO/c1-11-5-6-13(9-14(11)16)15(12(2)10-18)17-7-3-4-8-17/h5-6,9,12,15,18H,3-4,7-8,10H2,1-2H3. The molecule has 1 aliphatic heterocycles. The Kier molecular flexibility index (Phi) is 4.82. The van der Waals surface area contributed by atoms with Crippen LogP contribution in [0.3, 0.4) is 0 Å². The van der Waals surface area contributed by atoms with Gasteiger partial charge in [-0.1, -0.05) is 35.0 Å². The normalized spacial score (nSPS) is 20.0. The first kappa shape index (κ1) is 14.0. The van der Waals surface area contributed by atoms with Gasteiger partial charge < -0.3 is 5.11 Å². The van der Waals surface area contributed by atoms with E-state index in [9.17, 15) is 5.11 Å². The molecule has 2 rings (SSSR count). The summed E-state index contributed by atoms with van der Waals surface area (Å²) in [6.45, 7) is 6.79. The van der Waals surface area contributed by atoms with E-state index >= 15 is 0 Å². The van der Waals surface area contributed by atoms with Crippen molar-refractivity contribution in [1.29, 1.82) is 0 Å². The number of benzene rings is 1. The van der Waals surface area contributed by atoms with Gasteiger partial charge in [0.2, 0.25) is 0 Å². The average Bonchev–Trinajstić information content (AvgIpc) is 2.87. The molecule has 3 heteroatoms. The molecule has 1 aromatic rings. The molecule has 0 bridgehead atoms. The lowest BCUT2D eigenvalue weighted by Gasteiger charge is -2.32. The van der Waals surface area contributed by atoms with Crippen LogP contribution in [0.25, 0.3) is 0 Å². The molecule has 2 unspecified atom stereocenters. The first-order chi connectivity index (χ1) is 8.63. The van der Waals surface area contributed by atoms with Crippen LogP contribution in [-0.4, -0.2) is 29.7 Å². The van der Waals surface area contributed by atoms with Crippen molar-refractivity contribution in [2.24, 2.45) is 5.92 Å². The fourth-order valence-corrected chi connectivity index (χ4v) is 3.21. The molecule has 2 nitrogen and oxygen atoms in total. The minimum Gasteiger partial charge on any atom is -0.396 e. The summed E-state index contributed by atoms with van der Waals surface area (Å²) >= 11 is 3.61. The van der Waals surface area contributed by atoms with E-state index in [0.29, 0.717) is 6.04 Å². The second kappa shape index (κ2) is 6.18. The predicted octanol–water partition coefficient (Wildman–Crippen LogP) is 3.52. The van der Waals surface area contributed by atoms with E-state index in [1.54, 1.807) is 0 Å². The highest BCUT2D eigenvalue weighted by molar-refractivity contribution is 9.10. The maximum absolute atomic E-state index is 9.51. The van der Waals surface area contributed by atoms with Crippen LogP contribution < -0.4 is 0 Å². The Morgan fingerprint density at radius 2 is 2.00 bits per heavy atom. The zero-order chi connectivity index (χ0) is 13.1. The van der Waals surface area contributed by atoms with Gasteiger partial charge in [-0.25, -0.2) is 0 Å². The molecule has 1 saturated heterocycles. The number of nitrogens with zero attached hydrogens (tertiary/aromatic N) is 1. The Balaban J connectivity index is 2.29. The fourth-order valence-electron chi connectivity index (χ4n) is 2.81. The third-order valence-corrected chi connectivity index (χ3v) is 4.75. The van der Waals surface area contributed by atoms with Gasteiger partial charge in [-0.15, -0.1) is 0 Å². The van der Waals surface area contributed by atoms with Crippen molar-refractivity contribution >= 4 is 15.9 Å². The molecular weight excluding hydrogens is 290 g/mol. The van der Waals surface area contributed by atoms with Gasteiger partial charge in [0.15, 0.2) is 0 Å². The van der Waals surface area contributed by atoms with Crippen molar-refractivity contribution < 1.29 is 5.11 Å². The summed E-state index contributed by atoms with van der Waals surface area (Å²) in [6.07, 6.45) is 2.56. The Labute approximate surface area is 118 Å². The van der Waals surface area contributed by atoms with E-state index in [1.165, 1.54) is 24.0 Å². The van der Waals surface area contributed by atoms with Crippen LogP contribution in [-0.2, 0) is 0 Å². The van der Waals surface area contributed by atoms with Crippen LogP contribution in [0.5, 0.6) is 0 Å². The van der Waals surface area contributed by atoms with Crippen LogP contribution in [0.2, 0.25) is 0 Å².